The third-order valence-corrected chi connectivity index (χ3v) is 3.61. The van der Waals surface area contributed by atoms with Crippen LogP contribution >= 0.6 is 0 Å². The first-order valence-electron chi connectivity index (χ1n) is 4.97. The number of nitrogens with zero attached hydrogens (tertiary/aromatic N) is 2. The molecule has 0 radical (unpaired) electrons. The van der Waals surface area contributed by atoms with E-state index in [0.29, 0.717) is 0 Å². The van der Waals surface area contributed by atoms with Crippen molar-refractivity contribution in [1.82, 2.24) is 4.90 Å². The van der Waals surface area contributed by atoms with Crippen LogP contribution in [-0.4, -0.2) is 23.5 Å². The van der Waals surface area contributed by atoms with E-state index < -0.39 is 0 Å². The molecule has 2 nitrogen and oxygen atoms in total. The van der Waals surface area contributed by atoms with E-state index in [2.05, 4.69) is 17.9 Å². The molecule has 3 rings (SSSR count). The van der Waals surface area contributed by atoms with E-state index in [-0.39, 0.29) is 5.54 Å². The molecule has 2 saturated heterocycles. The summed E-state index contributed by atoms with van der Waals surface area (Å²) >= 11 is 0. The highest BCUT2D eigenvalue weighted by molar-refractivity contribution is 5.13. The van der Waals surface area contributed by atoms with Crippen molar-refractivity contribution in [3.05, 3.63) is 0 Å². The lowest BCUT2D eigenvalue weighted by molar-refractivity contribution is 0.00677. The van der Waals surface area contributed by atoms with Gasteiger partial charge in [0.2, 0.25) is 0 Å². The summed E-state index contributed by atoms with van der Waals surface area (Å²) in [6, 6.07) is 2.53. The first-order valence-corrected chi connectivity index (χ1v) is 4.97. The maximum Gasteiger partial charge on any atom is 0.109 e. The Morgan fingerprint density at radius 3 is 2.58 bits per heavy atom. The van der Waals surface area contributed by atoms with E-state index in [0.717, 1.165) is 25.3 Å². The van der Waals surface area contributed by atoms with Crippen molar-refractivity contribution in [2.75, 3.05) is 13.1 Å². The molecule has 0 atom stereocenters. The van der Waals surface area contributed by atoms with Gasteiger partial charge in [-0.25, -0.2) is 0 Å². The number of rotatable bonds is 1. The quantitative estimate of drug-likeness (QED) is 0.590. The highest BCUT2D eigenvalue weighted by atomic mass is 15.2. The fraction of sp³-hybridized carbons (Fsp3) is 0.900. The van der Waals surface area contributed by atoms with E-state index >= 15 is 0 Å². The van der Waals surface area contributed by atoms with E-state index in [1.807, 2.05) is 0 Å². The third-order valence-electron chi connectivity index (χ3n) is 3.61. The Morgan fingerprint density at radius 1 is 1.50 bits per heavy atom. The summed E-state index contributed by atoms with van der Waals surface area (Å²) in [5.74, 6) is 0.889. The van der Waals surface area contributed by atoms with Crippen LogP contribution in [0.15, 0.2) is 0 Å². The van der Waals surface area contributed by atoms with Crippen molar-refractivity contribution in [3.63, 3.8) is 0 Å². The zero-order valence-electron chi connectivity index (χ0n) is 7.71. The Balaban J connectivity index is 2.22. The normalized spacial score (nSPS) is 41.2. The first kappa shape index (κ1) is 8.07. The molecule has 0 aromatic rings. The average Bonchev–Trinajstić information content (AvgIpc) is 2.19. The molecule has 2 heteroatoms. The minimum absolute atomic E-state index is 0.0660. The topological polar surface area (TPSA) is 27.0 Å². The van der Waals surface area contributed by atoms with Gasteiger partial charge < -0.3 is 0 Å². The summed E-state index contributed by atoms with van der Waals surface area (Å²) in [6.45, 7) is 4.38. The Labute approximate surface area is 74.2 Å². The van der Waals surface area contributed by atoms with Gasteiger partial charge in [-0.05, 0) is 38.1 Å². The summed E-state index contributed by atoms with van der Waals surface area (Å²) in [5.41, 5.74) is -0.0660. The van der Waals surface area contributed by atoms with Crippen molar-refractivity contribution in [1.29, 1.82) is 5.26 Å². The molecule has 2 heterocycles. The molecule has 0 spiro atoms. The van der Waals surface area contributed by atoms with Crippen molar-refractivity contribution in [2.24, 2.45) is 5.92 Å². The number of piperidine rings is 2. The standard InChI is InChI=1S/C10H16N2/c1-2-12-7-9-3-5-10(12,8-11)6-4-9/h9H,2-7H2,1H3. The molecule has 12 heavy (non-hydrogen) atoms. The Bertz CT molecular complexity index is 208. The Morgan fingerprint density at radius 2 is 2.17 bits per heavy atom. The van der Waals surface area contributed by atoms with Gasteiger partial charge in [0.1, 0.15) is 5.54 Å². The van der Waals surface area contributed by atoms with Gasteiger partial charge in [0.05, 0.1) is 6.07 Å². The van der Waals surface area contributed by atoms with Crippen molar-refractivity contribution < 1.29 is 0 Å². The highest BCUT2D eigenvalue weighted by Gasteiger charge is 2.45. The molecular formula is C10H16N2. The van der Waals surface area contributed by atoms with Crippen LogP contribution in [0.1, 0.15) is 32.6 Å². The zero-order chi connectivity index (χ0) is 8.60. The van der Waals surface area contributed by atoms with Gasteiger partial charge in [-0.3, -0.25) is 4.90 Å². The van der Waals surface area contributed by atoms with Gasteiger partial charge in [-0.15, -0.1) is 0 Å². The van der Waals surface area contributed by atoms with Crippen LogP contribution < -0.4 is 0 Å². The van der Waals surface area contributed by atoms with Crippen LogP contribution in [0.3, 0.4) is 0 Å². The van der Waals surface area contributed by atoms with Gasteiger partial charge in [0, 0.05) is 6.54 Å². The second-order valence-electron chi connectivity index (χ2n) is 4.13. The van der Waals surface area contributed by atoms with Gasteiger partial charge in [-0.1, -0.05) is 6.92 Å². The summed E-state index contributed by atoms with van der Waals surface area (Å²) < 4.78 is 0. The second-order valence-corrected chi connectivity index (χ2v) is 4.13. The molecule has 2 aliphatic heterocycles. The molecule has 0 aromatic heterocycles. The van der Waals surface area contributed by atoms with Crippen LogP contribution in [0, 0.1) is 17.2 Å². The van der Waals surface area contributed by atoms with E-state index in [9.17, 15) is 5.26 Å². The second kappa shape index (κ2) is 2.74. The molecule has 3 aliphatic rings. The van der Waals surface area contributed by atoms with Gasteiger partial charge in [0.25, 0.3) is 0 Å². The Kier molecular flexibility index (Phi) is 1.84. The predicted octanol–water partition coefficient (Wildman–Crippen LogP) is 1.77. The minimum atomic E-state index is -0.0660. The highest BCUT2D eigenvalue weighted by Crippen LogP contribution is 2.42. The molecule has 0 aromatic carbocycles. The molecule has 3 fully saturated rings. The van der Waals surface area contributed by atoms with Crippen LogP contribution in [0.4, 0.5) is 0 Å². The SMILES string of the molecule is CCN1CC2CCC1(C#N)CC2. The summed E-state index contributed by atoms with van der Waals surface area (Å²) in [7, 11) is 0. The lowest BCUT2D eigenvalue weighted by atomic mass is 9.71. The monoisotopic (exact) mass is 164 g/mol. The number of nitriles is 1. The van der Waals surface area contributed by atoms with E-state index in [4.69, 9.17) is 0 Å². The number of hydrogen-bond donors (Lipinski definition) is 0. The molecule has 0 N–H and O–H groups in total. The van der Waals surface area contributed by atoms with E-state index in [1.165, 1.54) is 19.4 Å². The first-order chi connectivity index (χ1) is 5.80. The van der Waals surface area contributed by atoms with Crippen molar-refractivity contribution in [3.8, 4) is 6.07 Å². The van der Waals surface area contributed by atoms with Crippen molar-refractivity contribution >= 4 is 0 Å². The van der Waals surface area contributed by atoms with Crippen LogP contribution in [0.2, 0.25) is 0 Å². The fourth-order valence-corrected chi connectivity index (χ4v) is 2.75. The van der Waals surface area contributed by atoms with E-state index in [1.54, 1.807) is 0 Å². The summed E-state index contributed by atoms with van der Waals surface area (Å²) in [4.78, 5) is 2.38. The molecular weight excluding hydrogens is 148 g/mol. The Hall–Kier alpha value is -0.550. The average molecular weight is 164 g/mol. The van der Waals surface area contributed by atoms with Gasteiger partial charge >= 0.3 is 0 Å². The zero-order valence-corrected chi connectivity index (χ0v) is 7.71. The lowest BCUT2D eigenvalue weighted by Gasteiger charge is -2.50. The summed E-state index contributed by atoms with van der Waals surface area (Å²) in [6.07, 6.45) is 4.79. The number of hydrogen-bond acceptors (Lipinski definition) is 2. The molecule has 66 valence electrons. The van der Waals surface area contributed by atoms with Crippen LogP contribution in [0.25, 0.3) is 0 Å². The smallest absolute Gasteiger partial charge is 0.109 e. The molecule has 2 bridgehead atoms. The lowest BCUT2D eigenvalue weighted by Crippen LogP contribution is -2.57. The molecule has 1 aliphatic carbocycles. The van der Waals surface area contributed by atoms with Crippen LogP contribution in [-0.2, 0) is 0 Å². The number of fused-ring (bicyclic) bond motifs is 3. The molecule has 1 saturated carbocycles. The summed E-state index contributed by atoms with van der Waals surface area (Å²) in [5, 5.41) is 9.18. The largest absolute Gasteiger partial charge is 0.286 e. The van der Waals surface area contributed by atoms with Gasteiger partial charge in [0.15, 0.2) is 0 Å². The third kappa shape index (κ3) is 0.964. The maximum absolute atomic E-state index is 9.18. The van der Waals surface area contributed by atoms with Gasteiger partial charge in [-0.2, -0.15) is 5.26 Å². The molecule has 0 amide bonds. The minimum Gasteiger partial charge on any atom is -0.286 e. The fourth-order valence-electron chi connectivity index (χ4n) is 2.75. The maximum atomic E-state index is 9.18. The molecule has 0 unspecified atom stereocenters. The predicted molar refractivity (Wildman–Crippen MR) is 47.5 cm³/mol. The van der Waals surface area contributed by atoms with Crippen LogP contribution in [0.5, 0.6) is 0 Å². The van der Waals surface area contributed by atoms with Crippen molar-refractivity contribution in [2.45, 2.75) is 38.1 Å².